The molecular weight excluding hydrogens is 827 g/mol. The normalized spacial score (nSPS) is 18.2. The molecule has 0 spiro atoms. The summed E-state index contributed by atoms with van der Waals surface area (Å²) in [5, 5.41) is 7.16. The number of nitrogens with one attached hydrogen (secondary N) is 1. The van der Waals surface area contributed by atoms with Gasteiger partial charge in [-0.05, 0) is 68.1 Å². The second-order valence-electron chi connectivity index (χ2n) is 16.3. The maximum absolute atomic E-state index is 14.7. The van der Waals surface area contributed by atoms with Crippen LogP contribution in [0.2, 0.25) is 5.02 Å². The highest BCUT2D eigenvalue weighted by atomic mass is 35.5. The molecule has 3 aliphatic heterocycles. The number of amides is 2. The molecule has 9 rings (SSSR count). The number of halogens is 4. The molecule has 0 bridgehead atoms. The zero-order valence-electron chi connectivity index (χ0n) is 34.2. The summed E-state index contributed by atoms with van der Waals surface area (Å²) >= 11 is 6.27. The third kappa shape index (κ3) is 7.31. The van der Waals surface area contributed by atoms with Crippen LogP contribution in [0.15, 0.2) is 77.9 Å². The van der Waals surface area contributed by atoms with Crippen molar-refractivity contribution in [2.75, 3.05) is 36.4 Å². The first kappa shape index (κ1) is 41.0. The average molecular weight is 868 g/mol. The van der Waals surface area contributed by atoms with Gasteiger partial charge in [0.25, 0.3) is 11.5 Å². The molecule has 1 saturated heterocycles. The summed E-state index contributed by atoms with van der Waals surface area (Å²) in [4.78, 5) is 60.0. The number of alkyl halides is 3. The van der Waals surface area contributed by atoms with E-state index in [1.807, 2.05) is 74.2 Å². The lowest BCUT2D eigenvalue weighted by Gasteiger charge is -2.36. The van der Waals surface area contributed by atoms with Crippen molar-refractivity contribution in [2.24, 2.45) is 0 Å². The highest BCUT2D eigenvalue weighted by Crippen LogP contribution is 2.43. The van der Waals surface area contributed by atoms with Crippen LogP contribution < -0.4 is 20.5 Å². The lowest BCUT2D eigenvalue weighted by Crippen LogP contribution is -2.51. The van der Waals surface area contributed by atoms with E-state index < -0.39 is 34.8 Å². The zero-order valence-corrected chi connectivity index (χ0v) is 34.9. The average Bonchev–Trinajstić information content (AvgIpc) is 3.94. The van der Waals surface area contributed by atoms with Crippen LogP contribution in [-0.2, 0) is 34.5 Å². The molecule has 3 aromatic carbocycles. The highest BCUT2D eigenvalue weighted by Gasteiger charge is 2.41. The molecule has 0 saturated carbocycles. The van der Waals surface area contributed by atoms with Crippen LogP contribution in [-0.4, -0.2) is 72.0 Å². The highest BCUT2D eigenvalue weighted by molar-refractivity contribution is 6.33. The predicted octanol–water partition coefficient (Wildman–Crippen LogP) is 7.32. The Hall–Kier alpha value is -6.33. The number of carbonyl (C=O) groups excluding carboxylic acids is 2. The Kier molecular flexibility index (Phi) is 10.3. The van der Waals surface area contributed by atoms with Gasteiger partial charge >= 0.3 is 6.18 Å². The number of rotatable bonds is 8. The molecule has 6 aromatic rings. The van der Waals surface area contributed by atoms with E-state index in [-0.39, 0.29) is 79.0 Å². The molecule has 0 aliphatic carbocycles. The van der Waals surface area contributed by atoms with E-state index in [0.717, 1.165) is 34.9 Å². The van der Waals surface area contributed by atoms with Gasteiger partial charge < -0.3 is 24.6 Å². The molecular formula is C44H41ClF3N9O5. The van der Waals surface area contributed by atoms with Crippen molar-refractivity contribution in [1.82, 2.24) is 34.0 Å². The first-order valence-electron chi connectivity index (χ1n) is 20.1. The first-order chi connectivity index (χ1) is 29.6. The molecule has 2 amide bonds. The maximum Gasteiger partial charge on any atom is 0.416 e. The van der Waals surface area contributed by atoms with Crippen LogP contribution >= 0.6 is 11.6 Å². The molecule has 6 heterocycles. The first-order valence-corrected chi connectivity index (χ1v) is 20.5. The fourth-order valence-electron chi connectivity index (χ4n) is 8.59. The number of hydrogen-bond donors (Lipinski definition) is 1. The largest absolute Gasteiger partial charge is 0.485 e. The van der Waals surface area contributed by atoms with E-state index in [0.29, 0.717) is 35.0 Å². The van der Waals surface area contributed by atoms with Gasteiger partial charge in [-0.3, -0.25) is 19.0 Å². The monoisotopic (exact) mass is 867 g/mol. The van der Waals surface area contributed by atoms with Crippen molar-refractivity contribution in [1.29, 1.82) is 0 Å². The number of piperazine rings is 1. The number of carbonyl (C=O) groups is 2. The van der Waals surface area contributed by atoms with Gasteiger partial charge in [0.2, 0.25) is 11.7 Å². The van der Waals surface area contributed by atoms with Gasteiger partial charge in [-0.2, -0.15) is 22.7 Å². The minimum absolute atomic E-state index is 0.00166. The van der Waals surface area contributed by atoms with Gasteiger partial charge in [0, 0.05) is 37.7 Å². The van der Waals surface area contributed by atoms with Gasteiger partial charge in [-0.15, -0.1) is 5.10 Å². The summed E-state index contributed by atoms with van der Waals surface area (Å²) in [6.45, 7) is 9.23. The van der Waals surface area contributed by atoms with Crippen LogP contribution in [0.3, 0.4) is 0 Å². The molecule has 0 unspecified atom stereocenters. The fourth-order valence-corrected chi connectivity index (χ4v) is 8.81. The number of hydrogen-bond acceptors (Lipinski definition) is 10. The molecule has 0 radical (unpaired) electrons. The predicted molar refractivity (Wildman–Crippen MR) is 223 cm³/mol. The minimum Gasteiger partial charge on any atom is -0.485 e. The zero-order chi connectivity index (χ0) is 43.7. The Morgan fingerprint density at radius 3 is 2.50 bits per heavy atom. The van der Waals surface area contributed by atoms with Crippen molar-refractivity contribution in [2.45, 2.75) is 71.1 Å². The van der Waals surface area contributed by atoms with Crippen LogP contribution in [0.5, 0.6) is 5.75 Å². The molecule has 18 heteroatoms. The van der Waals surface area contributed by atoms with Crippen molar-refractivity contribution in [3.8, 4) is 17.1 Å². The number of fused-ring (bicyclic) bond motifs is 4. The van der Waals surface area contributed by atoms with E-state index in [1.54, 1.807) is 16.4 Å². The lowest BCUT2D eigenvalue weighted by molar-refractivity contribution is -0.137. The summed E-state index contributed by atoms with van der Waals surface area (Å²) in [5.74, 6) is -0.578. The van der Waals surface area contributed by atoms with Crippen LogP contribution in [0.25, 0.3) is 17.2 Å². The second kappa shape index (κ2) is 15.5. The van der Waals surface area contributed by atoms with E-state index in [2.05, 4.69) is 15.3 Å². The number of benzene rings is 3. The number of aromatic nitrogens is 6. The lowest BCUT2D eigenvalue weighted by atomic mass is 9.94. The van der Waals surface area contributed by atoms with Crippen molar-refractivity contribution >= 4 is 40.6 Å². The third-order valence-corrected chi connectivity index (χ3v) is 12.1. The van der Waals surface area contributed by atoms with Gasteiger partial charge in [0.15, 0.2) is 17.3 Å². The van der Waals surface area contributed by atoms with Crippen molar-refractivity contribution in [3.05, 3.63) is 128 Å². The number of anilines is 2. The Labute approximate surface area is 358 Å². The minimum atomic E-state index is -4.62. The van der Waals surface area contributed by atoms with E-state index in [1.165, 1.54) is 10.8 Å². The molecule has 2 atom stereocenters. The molecule has 1 fully saturated rings. The van der Waals surface area contributed by atoms with Crippen LogP contribution in [0.4, 0.5) is 24.5 Å². The molecule has 320 valence electrons. The summed E-state index contributed by atoms with van der Waals surface area (Å²) < 4.78 is 55.3. The van der Waals surface area contributed by atoms with Crippen molar-refractivity contribution in [3.63, 3.8) is 0 Å². The van der Waals surface area contributed by atoms with Gasteiger partial charge in [0.1, 0.15) is 24.7 Å². The summed E-state index contributed by atoms with van der Waals surface area (Å²) in [5.41, 5.74) is 3.20. The van der Waals surface area contributed by atoms with E-state index >= 15 is 0 Å². The Balaban J connectivity index is 1.06. The number of ether oxygens (including phenoxy) is 2. The van der Waals surface area contributed by atoms with E-state index in [4.69, 9.17) is 31.2 Å². The van der Waals surface area contributed by atoms with Gasteiger partial charge in [0.05, 0.1) is 39.9 Å². The third-order valence-electron chi connectivity index (χ3n) is 11.8. The number of aryl methyl sites for hydroxylation is 1. The molecule has 3 aliphatic rings. The second-order valence-corrected chi connectivity index (χ2v) is 16.7. The van der Waals surface area contributed by atoms with E-state index in [9.17, 15) is 27.6 Å². The smallest absolute Gasteiger partial charge is 0.416 e. The fraction of sp³-hybridized carbons (Fsp3) is 0.341. The summed E-state index contributed by atoms with van der Waals surface area (Å²) in [6, 6.07) is 17.1. The Bertz CT molecular complexity index is 2820. The summed E-state index contributed by atoms with van der Waals surface area (Å²) in [6.07, 6.45) is -3.06. The molecule has 3 aromatic heterocycles. The Morgan fingerprint density at radius 2 is 1.77 bits per heavy atom. The van der Waals surface area contributed by atoms with Gasteiger partial charge in [-0.1, -0.05) is 61.0 Å². The van der Waals surface area contributed by atoms with Crippen molar-refractivity contribution < 1.29 is 32.2 Å². The molecule has 1 N–H and O–H groups in total. The van der Waals surface area contributed by atoms with Gasteiger partial charge in [-0.25, -0.2) is 9.97 Å². The summed E-state index contributed by atoms with van der Waals surface area (Å²) in [7, 11) is 0. The maximum atomic E-state index is 14.7. The van der Waals surface area contributed by atoms with Crippen LogP contribution in [0.1, 0.15) is 83.3 Å². The topological polar surface area (TPSA) is 149 Å². The standard InChI is InChI=1S/C44H41ClF3N9O5/c1-24-18-33(39(58)51-32-13-11-29(20-31(32)45)44(46,47)48)56-35(24)36(41(60)57-42(56)52-38(53-57)27-10-12-30-28(19-27)22-62-43(30,3)4)54-14-16-55(17-15-54)40(59)34-37(25(2)49-23-50-34)61-21-26-8-6-5-7-9-26/h5-13,19-20,23-24,33H,14-18,21-22H2,1-4H3,(H,51,58)/t24-,33+/m0/s1. The van der Waals surface area contributed by atoms with Crippen LogP contribution in [0, 0.1) is 6.92 Å². The molecule has 62 heavy (non-hydrogen) atoms. The molecule has 14 nitrogen and oxygen atoms in total. The quantitative estimate of drug-likeness (QED) is 0.165. The SMILES string of the molecule is Cc1ncnc(C(=O)N2CCN(c3c4n(c5nc(-c6ccc7c(c6)COC7(C)C)nn5c3=O)[C@@H](C(=O)Nc3ccc(C(F)(F)F)cc3Cl)C[C@@H]4C)CC2)c1OCc1ccccc1. The Morgan fingerprint density at radius 1 is 1.02 bits per heavy atom. The number of nitrogens with zero attached hydrogens (tertiary/aromatic N) is 8.